The zero-order valence-electron chi connectivity index (χ0n) is 6.06. The Balaban J connectivity index is 3.39. The fraction of sp³-hybridized carbons (Fsp3) is 0.667. The van der Waals surface area contributed by atoms with Gasteiger partial charge in [0.2, 0.25) is 0 Å². The second kappa shape index (κ2) is 4.06. The van der Waals surface area contributed by atoms with E-state index in [0.717, 1.165) is 5.84 Å². The Kier molecular flexibility index (Phi) is 3.67. The first kappa shape index (κ1) is 8.14. The molecule has 0 aromatic rings. The number of carbonyl (C=O) groups is 1. The number of amidine groups is 1. The van der Waals surface area contributed by atoms with Crippen molar-refractivity contribution in [3.8, 4) is 0 Å². The molecule has 0 atom stereocenters. The van der Waals surface area contributed by atoms with Gasteiger partial charge in [-0.3, -0.25) is 9.79 Å². The van der Waals surface area contributed by atoms with Crippen LogP contribution >= 0.6 is 0 Å². The highest BCUT2D eigenvalue weighted by Crippen LogP contribution is 1.68. The number of Topliss-reactive ketones (excluding diaryl/α,β-unsaturated/α-hetero) is 1. The smallest absolute Gasteiger partial charge is 0.148 e. The van der Waals surface area contributed by atoms with Crippen LogP contribution < -0.4 is 5.32 Å². The lowest BCUT2D eigenvalue weighted by Gasteiger charge is -1.99. The van der Waals surface area contributed by atoms with E-state index in [1.807, 2.05) is 6.92 Å². The molecule has 0 spiro atoms. The van der Waals surface area contributed by atoms with E-state index in [9.17, 15) is 4.79 Å². The second-order valence-electron chi connectivity index (χ2n) is 1.86. The maximum atomic E-state index is 10.3. The molecule has 0 radical (unpaired) electrons. The summed E-state index contributed by atoms with van der Waals surface area (Å²) in [5, 5.41) is 2.83. The Morgan fingerprint density at radius 3 is 2.44 bits per heavy atom. The third-order valence-electron chi connectivity index (χ3n) is 0.929. The second-order valence-corrected chi connectivity index (χ2v) is 1.86. The summed E-state index contributed by atoms with van der Waals surface area (Å²) in [7, 11) is 1.68. The van der Waals surface area contributed by atoms with Gasteiger partial charge in [0.1, 0.15) is 5.78 Å². The lowest BCUT2D eigenvalue weighted by molar-refractivity contribution is -0.115. The normalized spacial score (nSPS) is 11.2. The maximum Gasteiger partial charge on any atom is 0.148 e. The van der Waals surface area contributed by atoms with Gasteiger partial charge in [0.15, 0.2) is 0 Å². The van der Waals surface area contributed by atoms with Gasteiger partial charge in [0.25, 0.3) is 0 Å². The monoisotopic (exact) mass is 128 g/mol. The molecule has 0 aliphatic carbocycles. The molecule has 0 saturated carbocycles. The maximum absolute atomic E-state index is 10.3. The van der Waals surface area contributed by atoms with Crippen LogP contribution in [0.3, 0.4) is 0 Å². The molecular formula is C6H12N2O. The molecule has 52 valence electrons. The third kappa shape index (κ3) is 5.00. The number of aliphatic imine (C=N–C) groups is 1. The Labute approximate surface area is 55.2 Å². The van der Waals surface area contributed by atoms with Crippen LogP contribution in [0.5, 0.6) is 0 Å². The highest BCUT2D eigenvalue weighted by Gasteiger charge is 1.90. The summed E-state index contributed by atoms with van der Waals surface area (Å²) < 4.78 is 0. The molecule has 1 N–H and O–H groups in total. The predicted molar refractivity (Wildman–Crippen MR) is 37.7 cm³/mol. The summed E-state index contributed by atoms with van der Waals surface area (Å²) in [4.78, 5) is 14.2. The fourth-order valence-electron chi connectivity index (χ4n) is 0.331. The minimum absolute atomic E-state index is 0.123. The van der Waals surface area contributed by atoms with Crippen LogP contribution in [-0.4, -0.2) is 25.2 Å². The minimum atomic E-state index is 0.123. The summed E-state index contributed by atoms with van der Waals surface area (Å²) in [6.07, 6.45) is 0. The Morgan fingerprint density at radius 2 is 2.11 bits per heavy atom. The van der Waals surface area contributed by atoms with Crippen LogP contribution in [0, 0.1) is 0 Å². The third-order valence-corrected chi connectivity index (χ3v) is 0.929. The summed E-state index contributed by atoms with van der Waals surface area (Å²) in [5.74, 6) is 0.920. The van der Waals surface area contributed by atoms with Gasteiger partial charge >= 0.3 is 0 Å². The van der Waals surface area contributed by atoms with Crippen molar-refractivity contribution < 1.29 is 4.79 Å². The SMILES string of the molecule is CN=C(C)NCC(C)=O. The van der Waals surface area contributed by atoms with Gasteiger partial charge in [0, 0.05) is 7.05 Å². The number of ketones is 1. The molecule has 0 amide bonds. The summed E-state index contributed by atoms with van der Waals surface area (Å²) >= 11 is 0. The summed E-state index contributed by atoms with van der Waals surface area (Å²) in [6.45, 7) is 3.74. The number of nitrogens with zero attached hydrogens (tertiary/aromatic N) is 1. The van der Waals surface area contributed by atoms with Crippen LogP contribution in [0.15, 0.2) is 4.99 Å². The Morgan fingerprint density at radius 1 is 1.56 bits per heavy atom. The fourth-order valence-corrected chi connectivity index (χ4v) is 0.331. The molecule has 0 bridgehead atoms. The van der Waals surface area contributed by atoms with Crippen molar-refractivity contribution in [2.24, 2.45) is 4.99 Å². The van der Waals surface area contributed by atoms with Crippen molar-refractivity contribution in [1.29, 1.82) is 0 Å². The van der Waals surface area contributed by atoms with E-state index in [-0.39, 0.29) is 5.78 Å². The number of nitrogens with one attached hydrogen (secondary N) is 1. The Hall–Kier alpha value is -0.860. The van der Waals surface area contributed by atoms with Gasteiger partial charge in [-0.05, 0) is 13.8 Å². The lowest BCUT2D eigenvalue weighted by atomic mass is 10.4. The first-order valence-corrected chi connectivity index (χ1v) is 2.83. The zero-order valence-corrected chi connectivity index (χ0v) is 6.06. The zero-order chi connectivity index (χ0) is 7.28. The van der Waals surface area contributed by atoms with Gasteiger partial charge in [-0.2, -0.15) is 0 Å². The van der Waals surface area contributed by atoms with Crippen molar-refractivity contribution >= 4 is 11.6 Å². The molecule has 0 saturated heterocycles. The molecule has 0 aliphatic rings. The van der Waals surface area contributed by atoms with Crippen LogP contribution in [0.1, 0.15) is 13.8 Å². The molecule has 0 aromatic carbocycles. The largest absolute Gasteiger partial charge is 0.367 e. The topological polar surface area (TPSA) is 41.5 Å². The highest BCUT2D eigenvalue weighted by atomic mass is 16.1. The molecule has 0 fully saturated rings. The van der Waals surface area contributed by atoms with Crippen molar-refractivity contribution in [3.63, 3.8) is 0 Å². The van der Waals surface area contributed by atoms with Crippen molar-refractivity contribution in [2.75, 3.05) is 13.6 Å². The molecule has 0 rings (SSSR count). The molecule has 0 unspecified atom stereocenters. The lowest BCUT2D eigenvalue weighted by Crippen LogP contribution is -2.25. The van der Waals surface area contributed by atoms with Crippen LogP contribution in [0.4, 0.5) is 0 Å². The minimum Gasteiger partial charge on any atom is -0.367 e. The van der Waals surface area contributed by atoms with E-state index in [1.54, 1.807) is 7.05 Å². The molecule has 9 heavy (non-hydrogen) atoms. The Bertz CT molecular complexity index is 129. The number of rotatable bonds is 2. The van der Waals surface area contributed by atoms with Crippen molar-refractivity contribution in [1.82, 2.24) is 5.32 Å². The average Bonchev–Trinajstić information content (AvgIpc) is 1.83. The quantitative estimate of drug-likeness (QED) is 0.426. The van der Waals surface area contributed by atoms with Gasteiger partial charge in [-0.25, -0.2) is 0 Å². The summed E-state index contributed by atoms with van der Waals surface area (Å²) in [5.41, 5.74) is 0. The first-order chi connectivity index (χ1) is 4.16. The number of hydrogen-bond acceptors (Lipinski definition) is 2. The van der Waals surface area contributed by atoms with Crippen LogP contribution in [0.25, 0.3) is 0 Å². The molecule has 0 aliphatic heterocycles. The standard InChI is InChI=1S/C6H12N2O/c1-5(9)4-8-6(2)7-3/h4H2,1-3H3,(H,7,8). The molecule has 0 aromatic heterocycles. The van der Waals surface area contributed by atoms with Gasteiger partial charge in [0.05, 0.1) is 12.4 Å². The molecule has 0 heterocycles. The van der Waals surface area contributed by atoms with E-state index in [4.69, 9.17) is 0 Å². The van der Waals surface area contributed by atoms with Gasteiger partial charge in [-0.15, -0.1) is 0 Å². The average molecular weight is 128 g/mol. The molecule has 3 heteroatoms. The van der Waals surface area contributed by atoms with E-state index >= 15 is 0 Å². The van der Waals surface area contributed by atoms with Crippen molar-refractivity contribution in [3.05, 3.63) is 0 Å². The number of hydrogen-bond donors (Lipinski definition) is 1. The highest BCUT2D eigenvalue weighted by molar-refractivity contribution is 5.85. The number of carbonyl (C=O) groups excluding carboxylic acids is 1. The van der Waals surface area contributed by atoms with E-state index in [0.29, 0.717) is 6.54 Å². The predicted octanol–water partition coefficient (Wildman–Crippen LogP) is 0.213. The van der Waals surface area contributed by atoms with E-state index in [2.05, 4.69) is 10.3 Å². The van der Waals surface area contributed by atoms with Gasteiger partial charge < -0.3 is 5.32 Å². The van der Waals surface area contributed by atoms with Crippen LogP contribution in [0.2, 0.25) is 0 Å². The van der Waals surface area contributed by atoms with E-state index in [1.165, 1.54) is 6.92 Å². The first-order valence-electron chi connectivity index (χ1n) is 2.83. The van der Waals surface area contributed by atoms with Crippen molar-refractivity contribution in [2.45, 2.75) is 13.8 Å². The molecule has 3 nitrogen and oxygen atoms in total. The van der Waals surface area contributed by atoms with E-state index < -0.39 is 0 Å². The molecular weight excluding hydrogens is 116 g/mol. The van der Waals surface area contributed by atoms with Crippen LogP contribution in [-0.2, 0) is 4.79 Å². The van der Waals surface area contributed by atoms with Gasteiger partial charge in [-0.1, -0.05) is 0 Å². The summed E-state index contributed by atoms with van der Waals surface area (Å²) in [6, 6.07) is 0.